The number of hydrogen-bond acceptors (Lipinski definition) is 3. The smallest absolute Gasteiger partial charge is 0.465 e. The van der Waals surface area contributed by atoms with Gasteiger partial charge in [-0.05, 0) is 31.4 Å². The zero-order valence-electron chi connectivity index (χ0n) is 13.5. The molecule has 1 aromatic carbocycles. The molecule has 1 aliphatic rings. The molecule has 0 unspecified atom stereocenters. The third kappa shape index (κ3) is 4.33. The normalized spacial score (nSPS) is 21.2. The number of carbonyl (C=O) groups excluding carboxylic acids is 1. The Morgan fingerprint density at radius 2 is 1.96 bits per heavy atom. The van der Waals surface area contributed by atoms with Gasteiger partial charge in [-0.25, -0.2) is 4.79 Å². The van der Waals surface area contributed by atoms with Crippen LogP contribution in [0.1, 0.15) is 18.9 Å². The molecule has 0 aliphatic carbocycles. The van der Waals surface area contributed by atoms with Crippen LogP contribution in [0.15, 0.2) is 24.3 Å². The lowest BCUT2D eigenvalue weighted by molar-refractivity contribution is -0.194. The van der Waals surface area contributed by atoms with E-state index in [0.29, 0.717) is 0 Å². The Labute approximate surface area is 138 Å². The largest absolute Gasteiger partial charge is 0.482 e. The first kappa shape index (κ1) is 18.0. The summed E-state index contributed by atoms with van der Waals surface area (Å²) in [6.45, 7) is 3.89. The molecule has 6 nitrogen and oxygen atoms in total. The summed E-state index contributed by atoms with van der Waals surface area (Å²) in [4.78, 5) is 24.0. The number of likely N-dealkylation sites (tertiary alicyclic amines) is 1. The summed E-state index contributed by atoms with van der Waals surface area (Å²) < 4.78 is 32.4. The van der Waals surface area contributed by atoms with Gasteiger partial charge in [-0.2, -0.15) is 8.78 Å². The van der Waals surface area contributed by atoms with Crippen molar-refractivity contribution in [2.24, 2.45) is 5.92 Å². The molecule has 0 aromatic heterocycles. The number of rotatable bonds is 4. The first-order chi connectivity index (χ1) is 11.2. The van der Waals surface area contributed by atoms with Gasteiger partial charge in [-0.1, -0.05) is 24.6 Å². The zero-order valence-corrected chi connectivity index (χ0v) is 13.5. The molecular formula is C16H20F2N2O4. The van der Waals surface area contributed by atoms with E-state index in [1.807, 2.05) is 0 Å². The number of halogens is 2. The third-order valence-electron chi connectivity index (χ3n) is 4.02. The van der Waals surface area contributed by atoms with Gasteiger partial charge in [0.05, 0.1) is 0 Å². The predicted molar refractivity (Wildman–Crippen MR) is 82.1 cm³/mol. The number of nitrogens with one attached hydrogen (secondary N) is 1. The number of ether oxygens (including phenoxy) is 1. The fourth-order valence-electron chi connectivity index (χ4n) is 2.59. The predicted octanol–water partition coefficient (Wildman–Crippen LogP) is 2.47. The highest BCUT2D eigenvalue weighted by atomic mass is 19.3. The Balaban J connectivity index is 1.95. The van der Waals surface area contributed by atoms with E-state index < -0.39 is 24.2 Å². The molecule has 1 aromatic rings. The average molecular weight is 342 g/mol. The van der Waals surface area contributed by atoms with E-state index in [0.717, 1.165) is 5.56 Å². The summed E-state index contributed by atoms with van der Waals surface area (Å²) >= 11 is 0. The molecule has 2 rings (SSSR count). The molecule has 1 fully saturated rings. The number of carbonyl (C=O) groups is 2. The summed E-state index contributed by atoms with van der Waals surface area (Å²) in [5.74, 6) is -1.90. The molecule has 0 bridgehead atoms. The lowest BCUT2D eigenvalue weighted by Gasteiger charge is -2.36. The highest BCUT2D eigenvalue weighted by Gasteiger charge is 2.44. The molecule has 132 valence electrons. The van der Waals surface area contributed by atoms with E-state index in [4.69, 9.17) is 5.11 Å². The number of carboxylic acid groups (broad SMARTS) is 1. The van der Waals surface area contributed by atoms with Crippen molar-refractivity contribution in [3.8, 4) is 5.75 Å². The number of hydrogen-bond donors (Lipinski definition) is 2. The second-order valence-electron chi connectivity index (χ2n) is 6.01. The third-order valence-corrected chi connectivity index (χ3v) is 4.02. The Morgan fingerprint density at radius 3 is 2.50 bits per heavy atom. The standard InChI is InChI=1S/C16H20F2N2O4/c1-10-3-5-12(6-4-10)24-16(17,18)14(21)19-13-7-8-20(15(22)23)9-11(13)2/h3-6,11,13H,7-9H2,1-2H3,(H,19,21)(H,22,23)/t11-,13-/m0/s1. The molecule has 2 atom stereocenters. The van der Waals surface area contributed by atoms with Crippen LogP contribution >= 0.6 is 0 Å². The Morgan fingerprint density at radius 1 is 1.33 bits per heavy atom. The minimum absolute atomic E-state index is 0.102. The highest BCUT2D eigenvalue weighted by molar-refractivity contribution is 5.82. The second-order valence-corrected chi connectivity index (χ2v) is 6.01. The van der Waals surface area contributed by atoms with Crippen LogP contribution in [0.2, 0.25) is 0 Å². The van der Waals surface area contributed by atoms with E-state index in [1.165, 1.54) is 17.0 Å². The average Bonchev–Trinajstić information content (AvgIpc) is 2.51. The molecule has 0 radical (unpaired) electrons. The first-order valence-corrected chi connectivity index (χ1v) is 7.61. The quantitative estimate of drug-likeness (QED) is 0.881. The van der Waals surface area contributed by atoms with Crippen LogP contribution in [-0.4, -0.2) is 47.2 Å². The molecule has 1 saturated heterocycles. The van der Waals surface area contributed by atoms with Crippen LogP contribution in [0.25, 0.3) is 0 Å². The topological polar surface area (TPSA) is 78.9 Å². The van der Waals surface area contributed by atoms with Crippen LogP contribution in [0, 0.1) is 12.8 Å². The molecule has 2 N–H and O–H groups in total. The Hall–Kier alpha value is -2.38. The maximum Gasteiger partial charge on any atom is 0.482 e. The minimum atomic E-state index is -4.00. The van der Waals surface area contributed by atoms with Gasteiger partial charge in [0.25, 0.3) is 0 Å². The van der Waals surface area contributed by atoms with Gasteiger partial charge in [0.2, 0.25) is 0 Å². The van der Waals surface area contributed by atoms with E-state index >= 15 is 0 Å². The summed E-state index contributed by atoms with van der Waals surface area (Å²) in [7, 11) is 0. The van der Waals surface area contributed by atoms with Crippen LogP contribution in [-0.2, 0) is 4.79 Å². The van der Waals surface area contributed by atoms with E-state index in [2.05, 4.69) is 10.1 Å². The van der Waals surface area contributed by atoms with Crippen molar-refractivity contribution in [2.45, 2.75) is 32.4 Å². The van der Waals surface area contributed by atoms with Gasteiger partial charge in [-0.15, -0.1) is 0 Å². The number of aryl methyl sites for hydroxylation is 1. The van der Waals surface area contributed by atoms with Crippen molar-refractivity contribution in [1.82, 2.24) is 10.2 Å². The molecule has 0 saturated carbocycles. The van der Waals surface area contributed by atoms with Crippen LogP contribution in [0.5, 0.6) is 5.75 Å². The van der Waals surface area contributed by atoms with Crippen molar-refractivity contribution in [2.75, 3.05) is 13.1 Å². The monoisotopic (exact) mass is 342 g/mol. The van der Waals surface area contributed by atoms with Gasteiger partial charge in [0, 0.05) is 19.1 Å². The van der Waals surface area contributed by atoms with Crippen LogP contribution in [0.4, 0.5) is 13.6 Å². The lowest BCUT2D eigenvalue weighted by atomic mass is 9.94. The summed E-state index contributed by atoms with van der Waals surface area (Å²) in [5.41, 5.74) is 0.883. The van der Waals surface area contributed by atoms with Crippen molar-refractivity contribution < 1.29 is 28.2 Å². The summed E-state index contributed by atoms with van der Waals surface area (Å²) in [6.07, 6.45) is -4.78. The number of alkyl halides is 2. The van der Waals surface area contributed by atoms with Crippen LogP contribution < -0.4 is 10.1 Å². The van der Waals surface area contributed by atoms with Gasteiger partial charge in [0.15, 0.2) is 0 Å². The van der Waals surface area contributed by atoms with E-state index in [9.17, 15) is 18.4 Å². The SMILES string of the molecule is Cc1ccc(OC(F)(F)C(=O)N[C@H]2CCN(C(=O)O)C[C@@H]2C)cc1. The molecule has 1 aliphatic heterocycles. The number of nitrogens with zero attached hydrogens (tertiary/aromatic N) is 1. The fourth-order valence-corrected chi connectivity index (χ4v) is 2.59. The second kappa shape index (κ2) is 7.02. The fraction of sp³-hybridized carbons (Fsp3) is 0.500. The first-order valence-electron chi connectivity index (χ1n) is 7.61. The molecular weight excluding hydrogens is 322 g/mol. The Kier molecular flexibility index (Phi) is 5.26. The van der Waals surface area contributed by atoms with Crippen molar-refractivity contribution in [1.29, 1.82) is 0 Å². The zero-order chi connectivity index (χ0) is 17.9. The lowest BCUT2D eigenvalue weighted by Crippen LogP contribution is -2.55. The molecule has 1 heterocycles. The number of benzene rings is 1. The summed E-state index contributed by atoms with van der Waals surface area (Å²) in [5, 5.41) is 11.2. The highest BCUT2D eigenvalue weighted by Crippen LogP contribution is 2.24. The van der Waals surface area contributed by atoms with Gasteiger partial charge < -0.3 is 20.1 Å². The molecule has 8 heteroatoms. The minimum Gasteiger partial charge on any atom is -0.465 e. The maximum atomic E-state index is 14.0. The van der Waals surface area contributed by atoms with E-state index in [-0.39, 0.29) is 31.2 Å². The molecule has 0 spiro atoms. The van der Waals surface area contributed by atoms with Crippen molar-refractivity contribution in [3.05, 3.63) is 29.8 Å². The van der Waals surface area contributed by atoms with E-state index in [1.54, 1.807) is 26.0 Å². The number of amides is 2. The maximum absolute atomic E-state index is 14.0. The van der Waals surface area contributed by atoms with Crippen molar-refractivity contribution in [3.63, 3.8) is 0 Å². The van der Waals surface area contributed by atoms with Crippen LogP contribution in [0.3, 0.4) is 0 Å². The van der Waals surface area contributed by atoms with Crippen molar-refractivity contribution >= 4 is 12.0 Å². The van der Waals surface area contributed by atoms with Gasteiger partial charge >= 0.3 is 18.1 Å². The Bertz CT molecular complexity index is 607. The summed E-state index contributed by atoms with van der Waals surface area (Å²) in [6, 6.07) is 5.41. The molecule has 2 amide bonds. The van der Waals surface area contributed by atoms with Gasteiger partial charge in [0.1, 0.15) is 5.75 Å². The molecule has 24 heavy (non-hydrogen) atoms. The van der Waals surface area contributed by atoms with Gasteiger partial charge in [-0.3, -0.25) is 4.79 Å². The number of piperidine rings is 1.